The van der Waals surface area contributed by atoms with Gasteiger partial charge in [0.1, 0.15) is 18.3 Å². The minimum Gasteiger partial charge on any atom is -0.390 e. The Bertz CT molecular complexity index is 626. The van der Waals surface area contributed by atoms with Crippen LogP contribution in [-0.4, -0.2) is 102 Å². The van der Waals surface area contributed by atoms with Gasteiger partial charge in [0.15, 0.2) is 0 Å². The molecule has 2 saturated heterocycles. The topological polar surface area (TPSA) is 168 Å². The molecule has 3 rings (SSSR count). The number of hydrogen-bond donors (Lipinski definition) is 7. The molecule has 3 aliphatic rings. The lowest BCUT2D eigenvalue weighted by Crippen LogP contribution is -2.79. The number of likely N-dealkylation sites (N-methyl/N-ethyl adjacent to an activating group) is 2. The normalized spacial score (nSPS) is 47.3. The van der Waals surface area contributed by atoms with Gasteiger partial charge in [-0.15, -0.1) is 0 Å². The molecule has 1 aliphatic carbocycles. The molecule has 8 N–H and O–H groups in total. The second-order valence-corrected chi connectivity index (χ2v) is 8.89. The van der Waals surface area contributed by atoms with Gasteiger partial charge in [0.2, 0.25) is 18.0 Å². The van der Waals surface area contributed by atoms with Gasteiger partial charge in [0.05, 0.1) is 36.4 Å². The van der Waals surface area contributed by atoms with Crippen LogP contribution in [0, 0.1) is 5.92 Å². The van der Waals surface area contributed by atoms with Crippen molar-refractivity contribution in [2.45, 2.75) is 94.0 Å². The number of carbonyl (C=O) groups is 1. The van der Waals surface area contributed by atoms with Gasteiger partial charge in [-0.25, -0.2) is 0 Å². The lowest BCUT2D eigenvalue weighted by molar-refractivity contribution is -0.449. The van der Waals surface area contributed by atoms with Crippen molar-refractivity contribution in [1.29, 1.82) is 0 Å². The average Bonchev–Trinajstić information content (AvgIpc) is 2.68. The van der Waals surface area contributed by atoms with Gasteiger partial charge in [-0.05, 0) is 33.4 Å². The molecule has 3 unspecified atom stereocenters. The summed E-state index contributed by atoms with van der Waals surface area (Å²) in [4.78, 5) is 12.6. The zero-order chi connectivity index (χ0) is 22.4. The van der Waals surface area contributed by atoms with Crippen molar-refractivity contribution >= 4 is 5.91 Å². The van der Waals surface area contributed by atoms with Crippen molar-refractivity contribution in [2.24, 2.45) is 11.7 Å². The maximum Gasteiger partial charge on any atom is 0.239 e. The summed E-state index contributed by atoms with van der Waals surface area (Å²) < 4.78 is 17.8. The fourth-order valence-electron chi connectivity index (χ4n) is 4.59. The highest BCUT2D eigenvalue weighted by molar-refractivity contribution is 5.82. The van der Waals surface area contributed by atoms with E-state index in [1.807, 2.05) is 13.8 Å². The van der Waals surface area contributed by atoms with Crippen molar-refractivity contribution < 1.29 is 34.3 Å². The summed E-state index contributed by atoms with van der Waals surface area (Å²) in [5.74, 6) is -2.51. The number of aliphatic hydroxyl groups is 3. The molecule has 30 heavy (non-hydrogen) atoms. The lowest BCUT2D eigenvalue weighted by Gasteiger charge is -2.58. The van der Waals surface area contributed by atoms with E-state index in [4.69, 9.17) is 19.9 Å². The highest BCUT2D eigenvalue weighted by Crippen LogP contribution is 2.41. The molecule has 1 amide bonds. The largest absolute Gasteiger partial charge is 0.390 e. The van der Waals surface area contributed by atoms with Crippen molar-refractivity contribution in [2.75, 3.05) is 14.1 Å². The molecule has 0 bridgehead atoms. The summed E-state index contributed by atoms with van der Waals surface area (Å²) in [7, 11) is 3.28. The number of hydrogen-bond acceptors (Lipinski definition) is 10. The monoisotopic (exact) mass is 432 g/mol. The number of nitrogens with two attached hydrogens (primary N) is 1. The number of aliphatic hydroxyl groups excluding tert-OH is 2. The number of ether oxygens (including phenoxy) is 3. The Morgan fingerprint density at radius 1 is 1.10 bits per heavy atom. The molecule has 0 radical (unpaired) electrons. The maximum absolute atomic E-state index is 12.6. The van der Waals surface area contributed by atoms with E-state index in [2.05, 4.69) is 16.0 Å². The first-order chi connectivity index (χ1) is 14.0. The predicted molar refractivity (Wildman–Crippen MR) is 106 cm³/mol. The van der Waals surface area contributed by atoms with Crippen LogP contribution in [0.3, 0.4) is 0 Å². The summed E-state index contributed by atoms with van der Waals surface area (Å²) in [6, 6.07) is -2.91. The third-order valence-electron chi connectivity index (χ3n) is 6.49. The summed E-state index contributed by atoms with van der Waals surface area (Å²) in [6.07, 6.45) is -5.17. The van der Waals surface area contributed by atoms with Gasteiger partial charge in [-0.3, -0.25) is 4.79 Å². The first-order valence-corrected chi connectivity index (χ1v) is 10.5. The van der Waals surface area contributed by atoms with Gasteiger partial charge < -0.3 is 51.2 Å². The smallest absolute Gasteiger partial charge is 0.239 e. The van der Waals surface area contributed by atoms with Crippen LogP contribution in [0.4, 0.5) is 0 Å². The van der Waals surface area contributed by atoms with E-state index in [0.29, 0.717) is 0 Å². The Labute approximate surface area is 176 Å². The van der Waals surface area contributed by atoms with Crippen LogP contribution in [0.15, 0.2) is 0 Å². The van der Waals surface area contributed by atoms with Crippen molar-refractivity contribution in [3.8, 4) is 0 Å². The second-order valence-electron chi connectivity index (χ2n) is 8.89. The van der Waals surface area contributed by atoms with Crippen LogP contribution in [0.25, 0.3) is 0 Å². The number of fused-ring (bicyclic) bond motifs is 2. The predicted octanol–water partition coefficient (Wildman–Crippen LogP) is -3.03. The Balaban J connectivity index is 1.88. The highest BCUT2D eigenvalue weighted by atomic mass is 16.8. The van der Waals surface area contributed by atoms with Crippen LogP contribution in [0.5, 0.6) is 0 Å². The van der Waals surface area contributed by atoms with Crippen LogP contribution < -0.4 is 21.7 Å². The third kappa shape index (κ3) is 3.98. The number of rotatable bonds is 5. The Hall–Kier alpha value is -0.890. The van der Waals surface area contributed by atoms with Crippen molar-refractivity contribution in [1.82, 2.24) is 16.0 Å². The standard InChI is InChI=1S/C19H36N4O7/c1-7(2)10(20)17(26)23-9-6-8(3)28-18-19(9,27)30-15-12(22-5)13(24)11(21-4)14(25)16(15)29-18/h7-16,18,21-22,24-25,27H,6,20H2,1-5H3,(H,23,26)/t8-,9-,10+,11-,12+,13+,14-,15?,16?,18?,19+/m1/s1. The molecule has 2 aliphatic heterocycles. The quantitative estimate of drug-likeness (QED) is 0.237. The summed E-state index contributed by atoms with van der Waals surface area (Å²) in [6.45, 7) is 5.46. The van der Waals surface area contributed by atoms with Crippen LogP contribution in [0.1, 0.15) is 27.2 Å². The minimum absolute atomic E-state index is 0.0867. The van der Waals surface area contributed by atoms with Crippen LogP contribution >= 0.6 is 0 Å². The molecule has 0 aromatic carbocycles. The Morgan fingerprint density at radius 3 is 2.30 bits per heavy atom. The molecule has 2 heterocycles. The van der Waals surface area contributed by atoms with Gasteiger partial charge in [-0.2, -0.15) is 0 Å². The summed E-state index contributed by atoms with van der Waals surface area (Å²) in [5, 5.41) is 41.6. The molecule has 3 fully saturated rings. The van der Waals surface area contributed by atoms with E-state index in [1.54, 1.807) is 21.0 Å². The molecular weight excluding hydrogens is 396 g/mol. The number of nitrogens with one attached hydrogen (secondary N) is 3. The fourth-order valence-corrected chi connectivity index (χ4v) is 4.59. The first-order valence-electron chi connectivity index (χ1n) is 10.5. The second kappa shape index (κ2) is 8.93. The zero-order valence-electron chi connectivity index (χ0n) is 18.1. The molecule has 11 heteroatoms. The molecule has 0 aromatic heterocycles. The van der Waals surface area contributed by atoms with E-state index < -0.39 is 66.6 Å². The van der Waals surface area contributed by atoms with Crippen LogP contribution in [0.2, 0.25) is 0 Å². The maximum atomic E-state index is 12.6. The molecule has 0 spiro atoms. The number of carbonyl (C=O) groups excluding carboxylic acids is 1. The van der Waals surface area contributed by atoms with E-state index in [9.17, 15) is 20.1 Å². The number of amides is 1. The molecule has 1 saturated carbocycles. The Kier molecular flexibility index (Phi) is 7.07. The lowest BCUT2D eigenvalue weighted by atomic mass is 9.79. The van der Waals surface area contributed by atoms with E-state index >= 15 is 0 Å². The minimum atomic E-state index is -2.01. The molecular formula is C19H36N4O7. The van der Waals surface area contributed by atoms with Crippen molar-refractivity contribution in [3.63, 3.8) is 0 Å². The van der Waals surface area contributed by atoms with Gasteiger partial charge in [0, 0.05) is 0 Å². The molecule has 174 valence electrons. The summed E-state index contributed by atoms with van der Waals surface area (Å²) >= 11 is 0. The van der Waals surface area contributed by atoms with E-state index in [0.717, 1.165) is 0 Å². The Morgan fingerprint density at radius 2 is 1.73 bits per heavy atom. The van der Waals surface area contributed by atoms with Gasteiger partial charge in [0.25, 0.3) is 0 Å². The SMILES string of the molecule is CN[C@@H]1[C@H](O)[C@H](NC)C2O[C@]3(O)C(OC2[C@@H]1O)O[C@H](C)C[C@H]3NC(=O)[C@@H](N)C(C)C. The highest BCUT2D eigenvalue weighted by Gasteiger charge is 2.63. The molecule has 11 atom stereocenters. The fraction of sp³-hybridized carbons (Fsp3) is 0.947. The van der Waals surface area contributed by atoms with Gasteiger partial charge >= 0.3 is 0 Å². The molecule has 0 aromatic rings. The van der Waals surface area contributed by atoms with E-state index in [-0.39, 0.29) is 18.4 Å². The average molecular weight is 433 g/mol. The van der Waals surface area contributed by atoms with E-state index in [1.165, 1.54) is 0 Å². The van der Waals surface area contributed by atoms with Crippen molar-refractivity contribution in [3.05, 3.63) is 0 Å². The summed E-state index contributed by atoms with van der Waals surface area (Å²) in [5.41, 5.74) is 5.96. The van der Waals surface area contributed by atoms with Crippen LogP contribution in [-0.2, 0) is 19.0 Å². The third-order valence-corrected chi connectivity index (χ3v) is 6.49. The first kappa shape index (κ1) is 23.8. The zero-order valence-corrected chi connectivity index (χ0v) is 18.1. The molecule has 11 nitrogen and oxygen atoms in total. The van der Waals surface area contributed by atoms with Gasteiger partial charge in [-0.1, -0.05) is 13.8 Å².